The third-order valence-electron chi connectivity index (χ3n) is 3.95. The molecule has 2 unspecified atom stereocenters. The molecule has 0 amide bonds. The fourth-order valence-electron chi connectivity index (χ4n) is 2.69. The Morgan fingerprint density at radius 2 is 1.86 bits per heavy atom. The van der Waals surface area contributed by atoms with E-state index < -0.39 is 37.3 Å². The summed E-state index contributed by atoms with van der Waals surface area (Å²) in [6, 6.07) is 7.56. The summed E-state index contributed by atoms with van der Waals surface area (Å²) in [6.07, 6.45) is -4.69. The summed E-state index contributed by atoms with van der Waals surface area (Å²) in [5.41, 5.74) is 0.946. The Bertz CT molecular complexity index is 655. The minimum Gasteiger partial charge on any atom is -0.460 e. The van der Waals surface area contributed by atoms with Gasteiger partial charge in [-0.2, -0.15) is 0 Å². The molecule has 1 aromatic heterocycles. The van der Waals surface area contributed by atoms with Crippen molar-refractivity contribution >= 4 is 10.9 Å². The SMILES string of the molecule is Cn1cc(O[C@@H]2OC(CO)[C@@H](O)[C@H](O)C2O)c2ccccc21. The average molecular weight is 309 g/mol. The monoisotopic (exact) mass is 309 g/mol. The zero-order chi connectivity index (χ0) is 15.9. The highest BCUT2D eigenvalue weighted by molar-refractivity contribution is 5.86. The van der Waals surface area contributed by atoms with Gasteiger partial charge in [0.15, 0.2) is 0 Å². The molecule has 0 radical (unpaired) electrons. The first-order valence-electron chi connectivity index (χ1n) is 7.04. The number of para-hydroxylation sites is 1. The molecule has 7 nitrogen and oxygen atoms in total. The molecule has 120 valence electrons. The standard InChI is InChI=1S/C15H19NO6/c1-16-6-10(8-4-2-3-5-9(8)16)21-15-14(20)13(19)12(18)11(7-17)22-15/h2-6,11-15,17-20H,7H2,1H3/t11?,12-,13+,14?,15-/m1/s1. The van der Waals surface area contributed by atoms with Gasteiger partial charge in [-0.15, -0.1) is 0 Å². The van der Waals surface area contributed by atoms with Crippen molar-refractivity contribution in [3.63, 3.8) is 0 Å². The van der Waals surface area contributed by atoms with Crippen molar-refractivity contribution in [2.24, 2.45) is 7.05 Å². The molecule has 2 heterocycles. The van der Waals surface area contributed by atoms with Crippen molar-refractivity contribution in [2.45, 2.75) is 30.7 Å². The van der Waals surface area contributed by atoms with Gasteiger partial charge in [-0.3, -0.25) is 0 Å². The fraction of sp³-hybridized carbons (Fsp3) is 0.467. The van der Waals surface area contributed by atoms with Crippen LogP contribution in [-0.2, 0) is 11.8 Å². The highest BCUT2D eigenvalue weighted by Crippen LogP contribution is 2.30. The summed E-state index contributed by atoms with van der Waals surface area (Å²) >= 11 is 0. The Kier molecular flexibility index (Phi) is 4.07. The lowest BCUT2D eigenvalue weighted by Gasteiger charge is -2.39. The average Bonchev–Trinajstić information content (AvgIpc) is 2.84. The van der Waals surface area contributed by atoms with Gasteiger partial charge in [0.25, 0.3) is 0 Å². The van der Waals surface area contributed by atoms with Crippen LogP contribution in [0.25, 0.3) is 10.9 Å². The topological polar surface area (TPSA) is 104 Å². The summed E-state index contributed by atoms with van der Waals surface area (Å²) in [7, 11) is 1.86. The van der Waals surface area contributed by atoms with Crippen LogP contribution in [0.15, 0.2) is 30.5 Å². The van der Waals surface area contributed by atoms with Gasteiger partial charge in [-0.05, 0) is 12.1 Å². The number of ether oxygens (including phenoxy) is 2. The van der Waals surface area contributed by atoms with Gasteiger partial charge < -0.3 is 34.5 Å². The molecule has 1 saturated heterocycles. The molecule has 0 saturated carbocycles. The quantitative estimate of drug-likeness (QED) is 0.601. The minimum absolute atomic E-state index is 0.486. The molecule has 1 aliphatic heterocycles. The smallest absolute Gasteiger partial charge is 0.229 e. The second-order valence-electron chi connectivity index (χ2n) is 5.44. The third-order valence-corrected chi connectivity index (χ3v) is 3.95. The summed E-state index contributed by atoms with van der Waals surface area (Å²) in [5.74, 6) is 0.488. The molecule has 2 aromatic rings. The summed E-state index contributed by atoms with van der Waals surface area (Å²) in [5, 5.41) is 39.6. The Labute approximate surface area is 126 Å². The lowest BCUT2D eigenvalue weighted by Crippen LogP contribution is -2.60. The van der Waals surface area contributed by atoms with E-state index in [1.54, 1.807) is 6.20 Å². The number of aromatic nitrogens is 1. The van der Waals surface area contributed by atoms with Crippen LogP contribution in [0.4, 0.5) is 0 Å². The molecular formula is C15H19NO6. The number of hydrogen-bond donors (Lipinski definition) is 4. The van der Waals surface area contributed by atoms with E-state index in [0.29, 0.717) is 5.75 Å². The molecule has 0 bridgehead atoms. The van der Waals surface area contributed by atoms with E-state index in [1.807, 2.05) is 35.9 Å². The first-order valence-corrected chi connectivity index (χ1v) is 7.04. The molecule has 3 rings (SSSR count). The molecule has 22 heavy (non-hydrogen) atoms. The fourth-order valence-corrected chi connectivity index (χ4v) is 2.69. The predicted octanol–water partition coefficient (Wildman–Crippen LogP) is -0.643. The van der Waals surface area contributed by atoms with E-state index in [9.17, 15) is 20.4 Å². The van der Waals surface area contributed by atoms with E-state index in [-0.39, 0.29) is 0 Å². The molecule has 5 atom stereocenters. The predicted molar refractivity (Wildman–Crippen MR) is 77.3 cm³/mol. The van der Waals surface area contributed by atoms with Crippen LogP contribution < -0.4 is 4.74 Å². The van der Waals surface area contributed by atoms with Crippen LogP contribution in [0.3, 0.4) is 0 Å². The van der Waals surface area contributed by atoms with Crippen molar-refractivity contribution in [2.75, 3.05) is 6.61 Å². The largest absolute Gasteiger partial charge is 0.460 e. The first kappa shape index (κ1) is 15.3. The maximum absolute atomic E-state index is 10.0. The van der Waals surface area contributed by atoms with Gasteiger partial charge in [0.1, 0.15) is 30.2 Å². The summed E-state index contributed by atoms with van der Waals surface area (Å²) in [6.45, 7) is -0.486. The van der Waals surface area contributed by atoms with Crippen molar-refractivity contribution in [3.05, 3.63) is 30.5 Å². The molecular weight excluding hydrogens is 290 g/mol. The van der Waals surface area contributed by atoms with Crippen LogP contribution in [0, 0.1) is 0 Å². The number of aryl methyl sites for hydroxylation is 1. The van der Waals surface area contributed by atoms with Crippen LogP contribution in [0.2, 0.25) is 0 Å². The number of benzene rings is 1. The van der Waals surface area contributed by atoms with Crippen molar-refractivity contribution < 1.29 is 29.9 Å². The molecule has 0 aliphatic carbocycles. The molecule has 1 aliphatic rings. The second kappa shape index (κ2) is 5.86. The first-order chi connectivity index (χ1) is 10.5. The van der Waals surface area contributed by atoms with Crippen LogP contribution in [0.5, 0.6) is 5.75 Å². The van der Waals surface area contributed by atoms with Crippen molar-refractivity contribution in [1.29, 1.82) is 0 Å². The van der Waals surface area contributed by atoms with Gasteiger partial charge in [-0.1, -0.05) is 12.1 Å². The number of rotatable bonds is 3. The van der Waals surface area contributed by atoms with Crippen LogP contribution in [0.1, 0.15) is 0 Å². The summed E-state index contributed by atoms with van der Waals surface area (Å²) in [4.78, 5) is 0. The van der Waals surface area contributed by atoms with Crippen LogP contribution >= 0.6 is 0 Å². The van der Waals surface area contributed by atoms with Gasteiger partial charge in [0.2, 0.25) is 6.29 Å². The van der Waals surface area contributed by atoms with Gasteiger partial charge >= 0.3 is 0 Å². The molecule has 4 N–H and O–H groups in total. The van der Waals surface area contributed by atoms with E-state index >= 15 is 0 Å². The number of fused-ring (bicyclic) bond motifs is 1. The zero-order valence-corrected chi connectivity index (χ0v) is 12.0. The highest BCUT2D eigenvalue weighted by atomic mass is 16.7. The summed E-state index contributed by atoms with van der Waals surface area (Å²) < 4.78 is 12.9. The minimum atomic E-state index is -1.45. The van der Waals surface area contributed by atoms with E-state index in [2.05, 4.69) is 0 Å². The Hall–Kier alpha value is -1.64. The molecule has 1 fully saturated rings. The van der Waals surface area contributed by atoms with Gasteiger partial charge in [0.05, 0.1) is 12.1 Å². The zero-order valence-electron chi connectivity index (χ0n) is 12.0. The number of aliphatic hydroxyl groups is 4. The Morgan fingerprint density at radius 1 is 1.14 bits per heavy atom. The second-order valence-corrected chi connectivity index (χ2v) is 5.44. The van der Waals surface area contributed by atoms with Gasteiger partial charge in [-0.25, -0.2) is 0 Å². The van der Waals surface area contributed by atoms with Crippen LogP contribution in [-0.4, -0.2) is 62.3 Å². The van der Waals surface area contributed by atoms with Crippen molar-refractivity contribution in [1.82, 2.24) is 4.57 Å². The highest BCUT2D eigenvalue weighted by Gasteiger charge is 2.44. The maximum Gasteiger partial charge on any atom is 0.229 e. The van der Waals surface area contributed by atoms with E-state index in [0.717, 1.165) is 10.9 Å². The van der Waals surface area contributed by atoms with Gasteiger partial charge in [0, 0.05) is 18.6 Å². The van der Waals surface area contributed by atoms with Crippen molar-refractivity contribution in [3.8, 4) is 5.75 Å². The van der Waals surface area contributed by atoms with E-state index in [4.69, 9.17) is 9.47 Å². The number of hydrogen-bond acceptors (Lipinski definition) is 6. The Morgan fingerprint density at radius 3 is 2.59 bits per heavy atom. The van der Waals surface area contributed by atoms with E-state index in [1.165, 1.54) is 0 Å². The Balaban J connectivity index is 1.87. The lowest BCUT2D eigenvalue weighted by atomic mass is 9.99. The lowest BCUT2D eigenvalue weighted by molar-refractivity contribution is -0.277. The number of aliphatic hydroxyl groups excluding tert-OH is 4. The normalized spacial score (nSPS) is 32.3. The molecule has 0 spiro atoms. The molecule has 7 heteroatoms. The third kappa shape index (κ3) is 2.47. The molecule has 1 aromatic carbocycles. The number of nitrogens with zero attached hydrogens (tertiary/aromatic N) is 1. The maximum atomic E-state index is 10.0.